The summed E-state index contributed by atoms with van der Waals surface area (Å²) in [5, 5.41) is 0. The SMILES string of the molecule is CCCCC1(OC(=O)COC(=O)C(C)CC)C2CC3CC(C2)CC1C3. The minimum Gasteiger partial charge on any atom is -0.456 e. The number of hydrogen-bond acceptors (Lipinski definition) is 4. The lowest BCUT2D eigenvalue weighted by Crippen LogP contribution is -2.59. The fourth-order valence-corrected chi connectivity index (χ4v) is 5.74. The molecule has 0 aliphatic heterocycles. The van der Waals surface area contributed by atoms with E-state index in [1.54, 1.807) is 0 Å². The van der Waals surface area contributed by atoms with Gasteiger partial charge in [-0.1, -0.05) is 27.2 Å². The first-order valence-electron chi connectivity index (χ1n) is 10.4. The van der Waals surface area contributed by atoms with Crippen molar-refractivity contribution in [3.05, 3.63) is 0 Å². The average molecular weight is 350 g/mol. The van der Waals surface area contributed by atoms with Crippen LogP contribution in [-0.2, 0) is 19.1 Å². The molecule has 4 saturated carbocycles. The molecule has 1 unspecified atom stereocenters. The molecule has 4 nitrogen and oxygen atoms in total. The Labute approximate surface area is 152 Å². The Morgan fingerprint density at radius 3 is 2.16 bits per heavy atom. The number of hydrogen-bond donors (Lipinski definition) is 0. The number of unbranched alkanes of at least 4 members (excludes halogenated alkanes) is 1. The van der Waals surface area contributed by atoms with E-state index in [4.69, 9.17) is 9.47 Å². The first-order chi connectivity index (χ1) is 12.0. The Morgan fingerprint density at radius 2 is 1.64 bits per heavy atom. The van der Waals surface area contributed by atoms with Crippen molar-refractivity contribution in [1.29, 1.82) is 0 Å². The summed E-state index contributed by atoms with van der Waals surface area (Å²) in [7, 11) is 0. The van der Waals surface area contributed by atoms with E-state index in [1.165, 1.54) is 32.1 Å². The van der Waals surface area contributed by atoms with Gasteiger partial charge in [-0.2, -0.15) is 0 Å². The van der Waals surface area contributed by atoms with Gasteiger partial charge in [-0.05, 0) is 75.0 Å². The van der Waals surface area contributed by atoms with Crippen LogP contribution >= 0.6 is 0 Å². The maximum atomic E-state index is 12.5. The number of carbonyl (C=O) groups excluding carboxylic acids is 2. The standard InChI is InChI=1S/C21H34O4/c1-4-6-7-21(25-19(22)13-24-20(23)14(3)5-2)17-9-15-8-16(11-17)12-18(21)10-15/h14-18H,4-13H2,1-3H3. The van der Waals surface area contributed by atoms with Crippen LogP contribution in [0, 0.1) is 29.6 Å². The summed E-state index contributed by atoms with van der Waals surface area (Å²) < 4.78 is 11.4. The van der Waals surface area contributed by atoms with Crippen LogP contribution in [0.1, 0.15) is 78.6 Å². The molecule has 0 heterocycles. The van der Waals surface area contributed by atoms with Crippen LogP contribution in [0.3, 0.4) is 0 Å². The van der Waals surface area contributed by atoms with Gasteiger partial charge in [-0.15, -0.1) is 0 Å². The van der Waals surface area contributed by atoms with Gasteiger partial charge in [0.25, 0.3) is 0 Å². The molecule has 4 bridgehead atoms. The molecular weight excluding hydrogens is 316 g/mol. The van der Waals surface area contributed by atoms with Crippen LogP contribution in [0.5, 0.6) is 0 Å². The van der Waals surface area contributed by atoms with Crippen LogP contribution in [-0.4, -0.2) is 24.1 Å². The summed E-state index contributed by atoms with van der Waals surface area (Å²) >= 11 is 0. The molecule has 0 spiro atoms. The predicted octanol–water partition coefficient (Wildman–Crippen LogP) is 4.50. The average Bonchev–Trinajstić information content (AvgIpc) is 2.60. The Morgan fingerprint density at radius 1 is 1.04 bits per heavy atom. The van der Waals surface area contributed by atoms with E-state index in [0.717, 1.165) is 37.5 Å². The fraction of sp³-hybridized carbons (Fsp3) is 0.905. The van der Waals surface area contributed by atoms with E-state index in [1.807, 2.05) is 13.8 Å². The van der Waals surface area contributed by atoms with Gasteiger partial charge < -0.3 is 9.47 Å². The molecule has 0 aromatic heterocycles. The zero-order valence-corrected chi connectivity index (χ0v) is 16.1. The largest absolute Gasteiger partial charge is 0.456 e. The molecule has 4 heteroatoms. The number of ether oxygens (including phenoxy) is 2. The van der Waals surface area contributed by atoms with Gasteiger partial charge in [0.1, 0.15) is 5.60 Å². The van der Waals surface area contributed by atoms with Crippen molar-refractivity contribution in [2.45, 2.75) is 84.2 Å². The van der Waals surface area contributed by atoms with Crippen molar-refractivity contribution < 1.29 is 19.1 Å². The van der Waals surface area contributed by atoms with Crippen molar-refractivity contribution in [2.75, 3.05) is 6.61 Å². The second-order valence-corrected chi connectivity index (χ2v) is 8.75. The smallest absolute Gasteiger partial charge is 0.344 e. The molecule has 0 N–H and O–H groups in total. The lowest BCUT2D eigenvalue weighted by atomic mass is 9.49. The zero-order valence-electron chi connectivity index (χ0n) is 16.1. The summed E-state index contributed by atoms with van der Waals surface area (Å²) in [5.74, 6) is 1.92. The Bertz CT molecular complexity index is 470. The molecule has 1 atom stereocenters. The summed E-state index contributed by atoms with van der Waals surface area (Å²) in [5.41, 5.74) is -0.288. The number of carbonyl (C=O) groups is 2. The maximum absolute atomic E-state index is 12.5. The predicted molar refractivity (Wildman–Crippen MR) is 95.8 cm³/mol. The van der Waals surface area contributed by atoms with Gasteiger partial charge in [0.2, 0.25) is 0 Å². The monoisotopic (exact) mass is 350 g/mol. The van der Waals surface area contributed by atoms with E-state index in [-0.39, 0.29) is 30.1 Å². The second kappa shape index (κ2) is 7.67. The van der Waals surface area contributed by atoms with Gasteiger partial charge in [0.05, 0.1) is 5.92 Å². The Hall–Kier alpha value is -1.06. The number of esters is 2. The van der Waals surface area contributed by atoms with Crippen LogP contribution in [0.4, 0.5) is 0 Å². The highest BCUT2D eigenvalue weighted by molar-refractivity contribution is 5.77. The van der Waals surface area contributed by atoms with E-state index in [2.05, 4.69) is 6.92 Å². The lowest BCUT2D eigenvalue weighted by Gasteiger charge is -2.60. The molecule has 0 saturated heterocycles. The zero-order chi connectivity index (χ0) is 18.0. The van der Waals surface area contributed by atoms with Gasteiger partial charge in [-0.25, -0.2) is 4.79 Å². The molecule has 4 aliphatic carbocycles. The molecule has 0 amide bonds. The highest BCUT2D eigenvalue weighted by Crippen LogP contribution is 2.61. The molecular formula is C21H34O4. The third-order valence-corrected chi connectivity index (χ3v) is 7.09. The van der Waals surface area contributed by atoms with Crippen molar-refractivity contribution in [1.82, 2.24) is 0 Å². The molecule has 0 radical (unpaired) electrons. The van der Waals surface area contributed by atoms with E-state index < -0.39 is 0 Å². The van der Waals surface area contributed by atoms with Crippen molar-refractivity contribution >= 4 is 11.9 Å². The summed E-state index contributed by atoms with van der Waals surface area (Å²) in [6.07, 6.45) is 10.2. The normalized spacial score (nSPS) is 36.9. The maximum Gasteiger partial charge on any atom is 0.344 e. The lowest BCUT2D eigenvalue weighted by molar-refractivity contribution is -0.216. The third-order valence-electron chi connectivity index (χ3n) is 7.09. The van der Waals surface area contributed by atoms with E-state index >= 15 is 0 Å². The topological polar surface area (TPSA) is 52.6 Å². The van der Waals surface area contributed by atoms with Crippen LogP contribution in [0.25, 0.3) is 0 Å². The second-order valence-electron chi connectivity index (χ2n) is 8.75. The Balaban J connectivity index is 1.65. The highest BCUT2D eigenvalue weighted by atomic mass is 16.6. The molecule has 4 fully saturated rings. The van der Waals surface area contributed by atoms with Gasteiger partial charge in [0.15, 0.2) is 6.61 Å². The third kappa shape index (κ3) is 3.73. The number of rotatable bonds is 8. The van der Waals surface area contributed by atoms with E-state index in [0.29, 0.717) is 11.8 Å². The van der Waals surface area contributed by atoms with Crippen LogP contribution < -0.4 is 0 Å². The molecule has 0 aromatic rings. The Kier molecular flexibility index (Phi) is 5.75. The summed E-state index contributed by atoms with van der Waals surface area (Å²) in [6.45, 7) is 5.73. The van der Waals surface area contributed by atoms with Crippen molar-refractivity contribution in [2.24, 2.45) is 29.6 Å². The summed E-state index contributed by atoms with van der Waals surface area (Å²) in [6, 6.07) is 0. The van der Waals surface area contributed by atoms with Crippen molar-refractivity contribution in [3.8, 4) is 0 Å². The molecule has 25 heavy (non-hydrogen) atoms. The highest BCUT2D eigenvalue weighted by Gasteiger charge is 2.59. The summed E-state index contributed by atoms with van der Waals surface area (Å²) in [4.78, 5) is 24.4. The minimum atomic E-state index is -0.347. The molecule has 0 aromatic carbocycles. The first kappa shape index (κ1) is 18.7. The molecule has 142 valence electrons. The molecule has 4 rings (SSSR count). The fourth-order valence-electron chi connectivity index (χ4n) is 5.74. The van der Waals surface area contributed by atoms with Crippen LogP contribution in [0.15, 0.2) is 0 Å². The van der Waals surface area contributed by atoms with E-state index in [9.17, 15) is 9.59 Å². The van der Waals surface area contributed by atoms with Gasteiger partial charge in [-0.3, -0.25) is 4.79 Å². The quantitative estimate of drug-likeness (QED) is 0.605. The first-order valence-corrected chi connectivity index (χ1v) is 10.4. The van der Waals surface area contributed by atoms with Gasteiger partial charge >= 0.3 is 11.9 Å². The minimum absolute atomic E-state index is 0.164. The van der Waals surface area contributed by atoms with Crippen LogP contribution in [0.2, 0.25) is 0 Å². The molecule has 4 aliphatic rings. The van der Waals surface area contributed by atoms with Crippen molar-refractivity contribution in [3.63, 3.8) is 0 Å². The van der Waals surface area contributed by atoms with Gasteiger partial charge in [0, 0.05) is 0 Å².